The third-order valence-corrected chi connectivity index (χ3v) is 7.49. The van der Waals surface area contributed by atoms with Crippen LogP contribution in [0.4, 0.5) is 17.3 Å². The van der Waals surface area contributed by atoms with Crippen LogP contribution in [0.1, 0.15) is 49.2 Å². The van der Waals surface area contributed by atoms with Gasteiger partial charge in [0.05, 0.1) is 5.69 Å². The van der Waals surface area contributed by atoms with Gasteiger partial charge < -0.3 is 15.5 Å². The molecule has 0 aliphatic carbocycles. The van der Waals surface area contributed by atoms with Crippen molar-refractivity contribution in [3.05, 3.63) is 65.4 Å². The highest BCUT2D eigenvalue weighted by atomic mass is 16.1. The van der Waals surface area contributed by atoms with Crippen molar-refractivity contribution in [2.75, 3.05) is 42.9 Å². The molecule has 2 aromatic carbocycles. The van der Waals surface area contributed by atoms with E-state index in [9.17, 15) is 4.79 Å². The van der Waals surface area contributed by atoms with E-state index in [-0.39, 0.29) is 11.3 Å². The lowest BCUT2D eigenvalue weighted by Crippen LogP contribution is -2.49. The number of nitrogens with one attached hydrogen (secondary N) is 2. The van der Waals surface area contributed by atoms with Gasteiger partial charge in [-0.15, -0.1) is 0 Å². The average molecular weight is 485 g/mol. The Morgan fingerprint density at radius 1 is 1.03 bits per heavy atom. The molecule has 3 heterocycles. The monoisotopic (exact) mass is 484 g/mol. The van der Waals surface area contributed by atoms with E-state index in [1.165, 1.54) is 11.3 Å². The molecule has 2 aliphatic heterocycles. The number of rotatable bonds is 5. The summed E-state index contributed by atoms with van der Waals surface area (Å²) in [6, 6.07) is 14.9. The van der Waals surface area contributed by atoms with Crippen molar-refractivity contribution in [2.24, 2.45) is 0 Å². The predicted molar refractivity (Wildman–Crippen MR) is 146 cm³/mol. The molecule has 1 aromatic heterocycles. The van der Waals surface area contributed by atoms with Gasteiger partial charge in [-0.05, 0) is 62.2 Å². The SMILES string of the molecule is Cc1ccc(Nc2nccc(-c3ccc4c(c3)C(C)(C)CNC4=O)n2)cc1N1CCN(C(C)C)CC1. The smallest absolute Gasteiger partial charge is 0.251 e. The van der Waals surface area contributed by atoms with Gasteiger partial charge in [-0.3, -0.25) is 9.69 Å². The summed E-state index contributed by atoms with van der Waals surface area (Å²) in [6.07, 6.45) is 1.78. The summed E-state index contributed by atoms with van der Waals surface area (Å²) in [5.41, 5.74) is 6.97. The standard InChI is InChI=1S/C29H36N6O/c1-19(2)34-12-14-35(15-13-34)26-17-22(8-6-20(26)3)32-28-30-11-10-25(33-28)21-7-9-23-24(16-21)29(4,5)18-31-27(23)36/h6-11,16-17,19H,12-15,18H2,1-5H3,(H,31,36)(H,30,32,33). The molecule has 188 valence electrons. The summed E-state index contributed by atoms with van der Waals surface area (Å²) in [7, 11) is 0. The van der Waals surface area contributed by atoms with Gasteiger partial charge in [-0.25, -0.2) is 9.97 Å². The molecule has 0 bridgehead atoms. The first-order chi connectivity index (χ1) is 17.2. The number of fused-ring (bicyclic) bond motifs is 1. The second kappa shape index (κ2) is 9.54. The van der Waals surface area contributed by atoms with Gasteiger partial charge in [0.2, 0.25) is 5.95 Å². The Bertz CT molecular complexity index is 1280. The highest BCUT2D eigenvalue weighted by molar-refractivity contribution is 5.98. The fourth-order valence-electron chi connectivity index (χ4n) is 5.17. The molecule has 1 amide bonds. The number of amides is 1. The summed E-state index contributed by atoms with van der Waals surface area (Å²) in [6.45, 7) is 15.9. The fourth-order valence-corrected chi connectivity index (χ4v) is 5.17. The zero-order valence-electron chi connectivity index (χ0n) is 21.9. The van der Waals surface area contributed by atoms with Gasteiger partial charge in [-0.1, -0.05) is 26.0 Å². The number of carbonyl (C=O) groups is 1. The zero-order chi connectivity index (χ0) is 25.4. The third-order valence-electron chi connectivity index (χ3n) is 7.49. The first-order valence-electron chi connectivity index (χ1n) is 12.8. The fraction of sp³-hybridized carbons (Fsp3) is 0.414. The molecule has 1 fully saturated rings. The highest BCUT2D eigenvalue weighted by Gasteiger charge is 2.31. The molecule has 0 saturated carbocycles. The van der Waals surface area contributed by atoms with E-state index < -0.39 is 0 Å². The van der Waals surface area contributed by atoms with Gasteiger partial charge in [0.25, 0.3) is 5.91 Å². The number of hydrogen-bond donors (Lipinski definition) is 2. The number of anilines is 3. The first-order valence-corrected chi connectivity index (χ1v) is 12.8. The van der Waals surface area contributed by atoms with Gasteiger partial charge in [0.1, 0.15) is 0 Å². The van der Waals surface area contributed by atoms with E-state index in [4.69, 9.17) is 4.98 Å². The molecule has 36 heavy (non-hydrogen) atoms. The molecule has 1 saturated heterocycles. The van der Waals surface area contributed by atoms with Crippen molar-refractivity contribution in [3.63, 3.8) is 0 Å². The maximum atomic E-state index is 12.3. The largest absolute Gasteiger partial charge is 0.369 e. The number of hydrogen-bond acceptors (Lipinski definition) is 6. The first kappa shape index (κ1) is 24.3. The van der Waals surface area contributed by atoms with Gasteiger partial charge in [0, 0.05) is 72.9 Å². The molecular formula is C29H36N6O. The maximum absolute atomic E-state index is 12.3. The number of aromatic nitrogens is 2. The van der Waals surface area contributed by atoms with Crippen LogP contribution in [0.15, 0.2) is 48.7 Å². The van der Waals surface area contributed by atoms with Crippen molar-refractivity contribution in [1.29, 1.82) is 0 Å². The lowest BCUT2D eigenvalue weighted by molar-refractivity contribution is 0.0930. The molecule has 0 atom stereocenters. The Morgan fingerprint density at radius 2 is 1.81 bits per heavy atom. The molecule has 0 spiro atoms. The predicted octanol–water partition coefficient (Wildman–Crippen LogP) is 4.75. The third kappa shape index (κ3) is 4.80. The Morgan fingerprint density at radius 3 is 2.56 bits per heavy atom. The van der Waals surface area contributed by atoms with Crippen LogP contribution in [0.25, 0.3) is 11.3 Å². The average Bonchev–Trinajstić information content (AvgIpc) is 2.88. The van der Waals surface area contributed by atoms with E-state index in [1.807, 2.05) is 18.2 Å². The molecule has 0 unspecified atom stereocenters. The summed E-state index contributed by atoms with van der Waals surface area (Å²) in [5, 5.41) is 6.39. The van der Waals surface area contributed by atoms with E-state index in [0.29, 0.717) is 18.5 Å². The van der Waals surface area contributed by atoms with E-state index >= 15 is 0 Å². The molecular weight excluding hydrogens is 448 g/mol. The Kier molecular flexibility index (Phi) is 6.43. The van der Waals surface area contributed by atoms with Gasteiger partial charge in [-0.2, -0.15) is 0 Å². The lowest BCUT2D eigenvalue weighted by atomic mass is 9.78. The zero-order valence-corrected chi connectivity index (χ0v) is 21.9. The maximum Gasteiger partial charge on any atom is 0.251 e. The van der Waals surface area contributed by atoms with Crippen LogP contribution in [0.3, 0.4) is 0 Å². The van der Waals surface area contributed by atoms with Gasteiger partial charge >= 0.3 is 0 Å². The lowest BCUT2D eigenvalue weighted by Gasteiger charge is -2.38. The number of piperazine rings is 1. The minimum Gasteiger partial charge on any atom is -0.369 e. The normalized spacial score (nSPS) is 17.6. The number of nitrogens with zero attached hydrogens (tertiary/aromatic N) is 4. The van der Waals surface area contributed by atoms with Gasteiger partial charge in [0.15, 0.2) is 0 Å². The van der Waals surface area contributed by atoms with E-state index in [2.05, 4.69) is 84.3 Å². The molecule has 2 N–H and O–H groups in total. The number of benzene rings is 2. The van der Waals surface area contributed by atoms with Crippen molar-refractivity contribution in [2.45, 2.75) is 46.1 Å². The summed E-state index contributed by atoms with van der Waals surface area (Å²) in [5.74, 6) is 0.545. The highest BCUT2D eigenvalue weighted by Crippen LogP contribution is 2.33. The Hall–Kier alpha value is -3.45. The van der Waals surface area contributed by atoms with Crippen LogP contribution in [-0.4, -0.2) is 59.5 Å². The van der Waals surface area contributed by atoms with Crippen LogP contribution in [0.5, 0.6) is 0 Å². The molecule has 3 aromatic rings. The van der Waals surface area contributed by atoms with Crippen LogP contribution in [0, 0.1) is 6.92 Å². The second-order valence-corrected chi connectivity index (χ2v) is 10.8. The molecule has 5 rings (SSSR count). The van der Waals surface area contributed by atoms with Crippen LogP contribution < -0.4 is 15.5 Å². The second-order valence-electron chi connectivity index (χ2n) is 10.8. The molecule has 2 aliphatic rings. The van der Waals surface area contributed by atoms with Crippen molar-refractivity contribution < 1.29 is 4.79 Å². The minimum absolute atomic E-state index is 0.0123. The quantitative estimate of drug-likeness (QED) is 0.545. The summed E-state index contributed by atoms with van der Waals surface area (Å²) in [4.78, 5) is 26.6. The van der Waals surface area contributed by atoms with Crippen molar-refractivity contribution in [1.82, 2.24) is 20.2 Å². The number of carbonyl (C=O) groups excluding carboxylic acids is 1. The van der Waals surface area contributed by atoms with Crippen LogP contribution in [-0.2, 0) is 5.41 Å². The molecule has 0 radical (unpaired) electrons. The Balaban J connectivity index is 1.37. The minimum atomic E-state index is -0.133. The van der Waals surface area contributed by atoms with Crippen LogP contribution in [0.2, 0.25) is 0 Å². The topological polar surface area (TPSA) is 73.4 Å². The van der Waals surface area contributed by atoms with Crippen LogP contribution >= 0.6 is 0 Å². The Labute approximate surface area is 213 Å². The summed E-state index contributed by atoms with van der Waals surface area (Å²) < 4.78 is 0. The molecule has 7 nitrogen and oxygen atoms in total. The number of aryl methyl sites for hydroxylation is 1. The van der Waals surface area contributed by atoms with Crippen molar-refractivity contribution >= 4 is 23.2 Å². The van der Waals surface area contributed by atoms with Crippen molar-refractivity contribution in [3.8, 4) is 11.3 Å². The summed E-state index contributed by atoms with van der Waals surface area (Å²) >= 11 is 0. The van der Waals surface area contributed by atoms with E-state index in [1.54, 1.807) is 6.20 Å². The molecule has 7 heteroatoms. The van der Waals surface area contributed by atoms with E-state index in [0.717, 1.165) is 54.3 Å².